The van der Waals surface area contributed by atoms with E-state index in [0.717, 1.165) is 0 Å². The average molecular weight is 186 g/mol. The van der Waals surface area contributed by atoms with E-state index in [9.17, 15) is 13.2 Å². The van der Waals surface area contributed by atoms with E-state index in [1.54, 1.807) is 0 Å². The highest BCUT2D eigenvalue weighted by atomic mass is 32.2. The highest BCUT2D eigenvalue weighted by Crippen LogP contribution is 2.08. The van der Waals surface area contributed by atoms with Gasteiger partial charge in [-0.1, -0.05) is 12.1 Å². The van der Waals surface area contributed by atoms with Crippen molar-refractivity contribution >= 4 is 16.4 Å². The molecule has 1 aromatic rings. The molecule has 1 aromatic carbocycles. The number of rotatable bonds is 2. The minimum absolute atomic E-state index is 0.215. The van der Waals surface area contributed by atoms with E-state index in [0.29, 0.717) is 11.8 Å². The van der Waals surface area contributed by atoms with Crippen LogP contribution in [0, 0.1) is 0 Å². The van der Waals surface area contributed by atoms with E-state index in [4.69, 9.17) is 4.55 Å². The normalized spacial score (nSPS) is 11.1. The van der Waals surface area contributed by atoms with Crippen LogP contribution >= 0.6 is 0 Å². The average Bonchev–Trinajstić information content (AvgIpc) is 2.03. The Kier molecular flexibility index (Phi) is 2.25. The molecule has 0 aliphatic heterocycles. The van der Waals surface area contributed by atoms with Crippen molar-refractivity contribution in [3.63, 3.8) is 0 Å². The van der Waals surface area contributed by atoms with Crippen molar-refractivity contribution in [3.05, 3.63) is 29.8 Å². The quantitative estimate of drug-likeness (QED) is 0.546. The summed E-state index contributed by atoms with van der Waals surface area (Å²) in [4.78, 5) is 9.94. The van der Waals surface area contributed by atoms with Crippen molar-refractivity contribution in [2.45, 2.75) is 4.90 Å². The third-order valence-electron chi connectivity index (χ3n) is 1.31. The summed E-state index contributed by atoms with van der Waals surface area (Å²) < 4.78 is 29.5. The molecule has 12 heavy (non-hydrogen) atoms. The van der Waals surface area contributed by atoms with Gasteiger partial charge in [0, 0.05) is 5.56 Å². The van der Waals surface area contributed by atoms with Crippen LogP contribution in [0.15, 0.2) is 29.2 Å². The van der Waals surface area contributed by atoms with Gasteiger partial charge in [-0.15, -0.1) is 0 Å². The molecule has 0 heterocycles. The molecule has 5 heteroatoms. The number of hydrogen-bond acceptors (Lipinski definition) is 3. The topological polar surface area (TPSA) is 71.4 Å². The Morgan fingerprint density at radius 1 is 1.17 bits per heavy atom. The summed E-state index contributed by atoms with van der Waals surface area (Å²) in [5, 5.41) is 0. The molecule has 0 spiro atoms. The number of hydrogen-bond donors (Lipinski definition) is 1. The second-order valence-corrected chi connectivity index (χ2v) is 3.58. The monoisotopic (exact) mass is 186 g/mol. The van der Waals surface area contributed by atoms with E-state index in [2.05, 4.69) is 0 Å². The van der Waals surface area contributed by atoms with E-state index >= 15 is 0 Å². The first kappa shape index (κ1) is 8.89. The fourth-order valence-corrected chi connectivity index (χ4v) is 1.20. The Hall–Kier alpha value is -1.20. The number of aldehydes is 1. The second-order valence-electron chi connectivity index (χ2n) is 2.16. The Bertz CT molecular complexity index is 376. The minimum atomic E-state index is -4.14. The van der Waals surface area contributed by atoms with E-state index < -0.39 is 10.1 Å². The molecule has 0 aliphatic carbocycles. The van der Waals surface area contributed by atoms with E-state index in [-0.39, 0.29) is 4.90 Å². The Balaban J connectivity index is 3.17. The molecule has 0 aromatic heterocycles. The molecule has 0 saturated carbocycles. The zero-order chi connectivity index (χ0) is 9.19. The zero-order valence-corrected chi connectivity index (χ0v) is 6.78. The third-order valence-corrected chi connectivity index (χ3v) is 2.18. The molecular weight excluding hydrogens is 180 g/mol. The van der Waals surface area contributed by atoms with Crippen LogP contribution in [0.1, 0.15) is 10.4 Å². The van der Waals surface area contributed by atoms with Gasteiger partial charge in [-0.05, 0) is 12.1 Å². The lowest BCUT2D eigenvalue weighted by atomic mass is 10.2. The summed E-state index contributed by atoms with van der Waals surface area (Å²) in [6, 6.07) is 4.96. The number of carbonyl (C=O) groups excluding carboxylic acids is 1. The smallest absolute Gasteiger partial charge is 0.294 e. The maximum Gasteiger partial charge on any atom is 0.294 e. The van der Waals surface area contributed by atoms with Crippen LogP contribution in [0.25, 0.3) is 0 Å². The number of benzene rings is 1. The van der Waals surface area contributed by atoms with Crippen molar-refractivity contribution < 1.29 is 17.8 Å². The van der Waals surface area contributed by atoms with Crippen molar-refractivity contribution in [1.82, 2.24) is 0 Å². The lowest BCUT2D eigenvalue weighted by Crippen LogP contribution is -1.97. The summed E-state index contributed by atoms with van der Waals surface area (Å²) in [5.41, 5.74) is 0.363. The van der Waals surface area contributed by atoms with E-state index in [1.807, 2.05) is 0 Å². The second kappa shape index (κ2) is 3.04. The van der Waals surface area contributed by atoms with Gasteiger partial charge in [-0.3, -0.25) is 9.35 Å². The molecule has 1 N–H and O–H groups in total. The van der Waals surface area contributed by atoms with Crippen molar-refractivity contribution in [3.8, 4) is 0 Å². The predicted octanol–water partition coefficient (Wildman–Crippen LogP) is 0.746. The molecule has 1 rings (SSSR count). The predicted molar refractivity (Wildman–Crippen MR) is 41.6 cm³/mol. The first-order valence-electron chi connectivity index (χ1n) is 3.07. The summed E-state index contributed by atoms with van der Waals surface area (Å²) in [6.07, 6.45) is 0.591. The molecule has 0 aliphatic rings. The number of carbonyl (C=O) groups is 1. The lowest BCUT2D eigenvalue weighted by Gasteiger charge is -1.95. The SMILES string of the molecule is O=Cc1ccc(S(=O)(=O)O)cc1. The Morgan fingerprint density at radius 3 is 2.00 bits per heavy atom. The summed E-state index contributed by atoms with van der Waals surface area (Å²) in [7, 11) is -4.14. The van der Waals surface area contributed by atoms with Crippen molar-refractivity contribution in [2.24, 2.45) is 0 Å². The van der Waals surface area contributed by atoms with E-state index in [1.165, 1.54) is 24.3 Å². The molecule has 0 atom stereocenters. The Morgan fingerprint density at radius 2 is 1.67 bits per heavy atom. The van der Waals surface area contributed by atoms with Gasteiger partial charge in [-0.25, -0.2) is 0 Å². The molecule has 0 radical (unpaired) electrons. The third kappa shape index (κ3) is 1.90. The highest BCUT2D eigenvalue weighted by Gasteiger charge is 2.07. The molecule has 0 bridgehead atoms. The lowest BCUT2D eigenvalue weighted by molar-refractivity contribution is 0.112. The van der Waals surface area contributed by atoms with Crippen LogP contribution < -0.4 is 0 Å². The van der Waals surface area contributed by atoms with Crippen molar-refractivity contribution in [2.75, 3.05) is 0 Å². The van der Waals surface area contributed by atoms with Gasteiger partial charge in [0.25, 0.3) is 10.1 Å². The summed E-state index contributed by atoms with van der Waals surface area (Å²) >= 11 is 0. The maximum absolute atomic E-state index is 10.5. The van der Waals surface area contributed by atoms with Crippen LogP contribution in [0.2, 0.25) is 0 Å². The fourth-order valence-electron chi connectivity index (χ4n) is 0.718. The first-order valence-corrected chi connectivity index (χ1v) is 4.51. The summed E-state index contributed by atoms with van der Waals surface area (Å²) in [5.74, 6) is 0. The zero-order valence-electron chi connectivity index (χ0n) is 5.97. The molecule has 0 amide bonds. The Labute approximate surface area is 69.6 Å². The van der Waals surface area contributed by atoms with Crippen LogP contribution in [0.4, 0.5) is 0 Å². The van der Waals surface area contributed by atoms with Crippen LogP contribution in [-0.2, 0) is 10.1 Å². The largest absolute Gasteiger partial charge is 0.298 e. The highest BCUT2D eigenvalue weighted by molar-refractivity contribution is 7.85. The van der Waals surface area contributed by atoms with Crippen molar-refractivity contribution in [1.29, 1.82) is 0 Å². The van der Waals surface area contributed by atoms with Crippen LogP contribution in [-0.4, -0.2) is 19.3 Å². The fraction of sp³-hybridized carbons (Fsp3) is 0. The molecule has 0 unspecified atom stereocenters. The molecular formula is C7H6O4S. The molecule has 4 nitrogen and oxygen atoms in total. The van der Waals surface area contributed by atoms with Gasteiger partial charge >= 0.3 is 0 Å². The van der Waals surface area contributed by atoms with Gasteiger partial charge in [0.15, 0.2) is 0 Å². The van der Waals surface area contributed by atoms with Gasteiger partial charge in [0.1, 0.15) is 6.29 Å². The first-order chi connectivity index (χ1) is 5.54. The van der Waals surface area contributed by atoms with Gasteiger partial charge in [0.05, 0.1) is 4.90 Å². The van der Waals surface area contributed by atoms with Crippen LogP contribution in [0.5, 0.6) is 0 Å². The van der Waals surface area contributed by atoms with Gasteiger partial charge < -0.3 is 0 Å². The van der Waals surface area contributed by atoms with Gasteiger partial charge in [-0.2, -0.15) is 8.42 Å². The minimum Gasteiger partial charge on any atom is -0.298 e. The van der Waals surface area contributed by atoms with Gasteiger partial charge in [0.2, 0.25) is 0 Å². The molecule has 0 fully saturated rings. The summed E-state index contributed by atoms with van der Waals surface area (Å²) in [6.45, 7) is 0. The standard InChI is InChI=1S/C7H6O4S/c8-5-6-1-3-7(4-2-6)12(9,10)11/h1-5H,(H,9,10,11). The molecule has 0 saturated heterocycles. The maximum atomic E-state index is 10.5. The van der Waals surface area contributed by atoms with Crippen LogP contribution in [0.3, 0.4) is 0 Å². The molecule has 64 valence electrons.